The highest BCUT2D eigenvalue weighted by Gasteiger charge is 2.17. The second-order valence-electron chi connectivity index (χ2n) is 6.73. The van der Waals surface area contributed by atoms with Gasteiger partial charge in [-0.05, 0) is 74.7 Å². The molecule has 138 valence electrons. The van der Waals surface area contributed by atoms with Gasteiger partial charge in [-0.3, -0.25) is 4.79 Å². The van der Waals surface area contributed by atoms with Crippen LogP contribution in [-0.2, 0) is 6.42 Å². The normalized spacial score (nSPS) is 14.7. The summed E-state index contributed by atoms with van der Waals surface area (Å²) in [4.78, 5) is 15.5. The van der Waals surface area contributed by atoms with Crippen LogP contribution in [0, 0.1) is 0 Å². The molecule has 0 unspecified atom stereocenters. The molecule has 0 bridgehead atoms. The maximum atomic E-state index is 12.6. The van der Waals surface area contributed by atoms with Gasteiger partial charge in [0.1, 0.15) is 4.88 Å². The summed E-state index contributed by atoms with van der Waals surface area (Å²) in [5.41, 5.74) is 4.40. The number of carbonyl (C=O) groups is 1. The highest BCUT2D eigenvalue weighted by molar-refractivity contribution is 7.13. The molecule has 1 aliphatic rings. The van der Waals surface area contributed by atoms with Crippen molar-refractivity contribution >= 4 is 40.2 Å². The van der Waals surface area contributed by atoms with Crippen LogP contribution < -0.4 is 10.2 Å². The predicted molar refractivity (Wildman–Crippen MR) is 113 cm³/mol. The molecule has 5 heteroatoms. The Labute approximate surface area is 164 Å². The number of hydrogen-bond acceptors (Lipinski definition) is 3. The molecule has 0 saturated carbocycles. The number of aryl methyl sites for hydroxylation is 1. The first-order valence-electron chi connectivity index (χ1n) is 9.12. The zero-order chi connectivity index (χ0) is 18.5. The van der Waals surface area contributed by atoms with E-state index in [4.69, 9.17) is 11.6 Å². The molecule has 1 aromatic heterocycles. The number of amides is 1. The zero-order valence-corrected chi connectivity index (χ0v) is 16.9. The van der Waals surface area contributed by atoms with E-state index >= 15 is 0 Å². The Morgan fingerprint density at radius 3 is 2.62 bits per heavy atom. The Balaban J connectivity index is 1.63. The van der Waals surface area contributed by atoms with Gasteiger partial charge >= 0.3 is 0 Å². The topological polar surface area (TPSA) is 32.3 Å². The number of carbonyl (C=O) groups excluding carboxylic acids is 1. The number of anilines is 2. The van der Waals surface area contributed by atoms with Gasteiger partial charge in [0, 0.05) is 24.5 Å². The van der Waals surface area contributed by atoms with E-state index in [-0.39, 0.29) is 5.91 Å². The van der Waals surface area contributed by atoms with E-state index in [1.54, 1.807) is 0 Å². The molecule has 1 N–H and O–H groups in total. The Hall–Kier alpha value is -1.78. The summed E-state index contributed by atoms with van der Waals surface area (Å²) < 4.78 is 0. The minimum absolute atomic E-state index is 0.136. The average molecular weight is 389 g/mol. The van der Waals surface area contributed by atoms with E-state index in [9.17, 15) is 4.79 Å². The second kappa shape index (κ2) is 8.74. The third-order valence-electron chi connectivity index (χ3n) is 4.88. The number of benzene rings is 1. The van der Waals surface area contributed by atoms with Crippen LogP contribution in [0.25, 0.3) is 0 Å². The smallest absolute Gasteiger partial charge is 0.267 e. The van der Waals surface area contributed by atoms with Crippen molar-refractivity contribution in [2.24, 2.45) is 0 Å². The average Bonchev–Trinajstić information content (AvgIpc) is 3.30. The molecular formula is C21H25ClN2OS. The van der Waals surface area contributed by atoms with Crippen LogP contribution >= 0.6 is 22.9 Å². The summed E-state index contributed by atoms with van der Waals surface area (Å²) in [6, 6.07) is 8.07. The fourth-order valence-corrected chi connectivity index (χ4v) is 4.42. The van der Waals surface area contributed by atoms with Gasteiger partial charge < -0.3 is 10.2 Å². The van der Waals surface area contributed by atoms with E-state index in [0.29, 0.717) is 9.90 Å². The Morgan fingerprint density at radius 1 is 1.27 bits per heavy atom. The lowest BCUT2D eigenvalue weighted by Crippen LogP contribution is -2.17. The number of hydrogen-bond donors (Lipinski definition) is 1. The summed E-state index contributed by atoms with van der Waals surface area (Å²) in [6.45, 7) is 6.39. The summed E-state index contributed by atoms with van der Waals surface area (Å²) >= 11 is 7.86. The third-order valence-corrected chi connectivity index (χ3v) is 6.46. The van der Waals surface area contributed by atoms with Crippen molar-refractivity contribution in [3.63, 3.8) is 0 Å². The highest BCUT2D eigenvalue weighted by Crippen LogP contribution is 2.30. The standard InChI is InChI=1S/C21H25ClN2OS/c1-3-15(2)6-7-16-14-26-20(19(16)22)21(25)23-17-8-10-18(11-9-17)24-12-4-5-13-24/h3,8-11,14H,4-7,12-13H2,1-2H3,(H,23,25)/b15-3-. The zero-order valence-electron chi connectivity index (χ0n) is 15.3. The first-order valence-corrected chi connectivity index (χ1v) is 10.4. The summed E-state index contributed by atoms with van der Waals surface area (Å²) in [5, 5.41) is 5.55. The third kappa shape index (κ3) is 4.49. The van der Waals surface area contributed by atoms with Crippen molar-refractivity contribution in [1.29, 1.82) is 0 Å². The number of rotatable bonds is 6. The molecule has 1 aromatic carbocycles. The van der Waals surface area contributed by atoms with Crippen LogP contribution in [-0.4, -0.2) is 19.0 Å². The monoisotopic (exact) mass is 388 g/mol. The molecule has 3 nitrogen and oxygen atoms in total. The Morgan fingerprint density at radius 2 is 1.96 bits per heavy atom. The van der Waals surface area contributed by atoms with Gasteiger partial charge in [-0.25, -0.2) is 0 Å². The van der Waals surface area contributed by atoms with Gasteiger partial charge in [0.05, 0.1) is 5.02 Å². The van der Waals surface area contributed by atoms with Crippen molar-refractivity contribution in [2.45, 2.75) is 39.5 Å². The maximum Gasteiger partial charge on any atom is 0.267 e. The van der Waals surface area contributed by atoms with Crippen molar-refractivity contribution in [2.75, 3.05) is 23.3 Å². The van der Waals surface area contributed by atoms with E-state index in [1.165, 1.54) is 35.4 Å². The molecule has 26 heavy (non-hydrogen) atoms. The van der Waals surface area contributed by atoms with Crippen molar-refractivity contribution in [1.82, 2.24) is 0 Å². The number of thiophene rings is 1. The van der Waals surface area contributed by atoms with Gasteiger partial charge in [-0.2, -0.15) is 0 Å². The van der Waals surface area contributed by atoms with Crippen LogP contribution in [0.2, 0.25) is 5.02 Å². The first-order chi connectivity index (χ1) is 12.6. The lowest BCUT2D eigenvalue weighted by molar-refractivity contribution is 0.103. The van der Waals surface area contributed by atoms with Crippen LogP contribution in [0.1, 0.15) is 48.3 Å². The van der Waals surface area contributed by atoms with E-state index in [2.05, 4.69) is 35.3 Å². The summed E-state index contributed by atoms with van der Waals surface area (Å²) in [7, 11) is 0. The Bertz CT molecular complexity index is 789. The quantitative estimate of drug-likeness (QED) is 0.601. The fraction of sp³-hybridized carbons (Fsp3) is 0.381. The van der Waals surface area contributed by atoms with Gasteiger partial charge in [-0.1, -0.05) is 23.3 Å². The fourth-order valence-electron chi connectivity index (χ4n) is 3.10. The van der Waals surface area contributed by atoms with E-state index < -0.39 is 0 Å². The first kappa shape index (κ1) is 19.0. The maximum absolute atomic E-state index is 12.6. The minimum Gasteiger partial charge on any atom is -0.372 e. The second-order valence-corrected chi connectivity index (χ2v) is 7.99. The van der Waals surface area contributed by atoms with Crippen molar-refractivity contribution in [3.8, 4) is 0 Å². The molecule has 3 rings (SSSR count). The van der Waals surface area contributed by atoms with Crippen molar-refractivity contribution in [3.05, 3.63) is 56.8 Å². The molecule has 1 saturated heterocycles. The summed E-state index contributed by atoms with van der Waals surface area (Å²) in [6.07, 6.45) is 6.45. The molecule has 1 aliphatic heterocycles. The molecule has 1 fully saturated rings. The number of allylic oxidation sites excluding steroid dienone is 2. The lowest BCUT2D eigenvalue weighted by atomic mass is 10.1. The molecule has 1 amide bonds. The van der Waals surface area contributed by atoms with Gasteiger partial charge in [-0.15, -0.1) is 11.3 Å². The minimum atomic E-state index is -0.136. The summed E-state index contributed by atoms with van der Waals surface area (Å²) in [5.74, 6) is -0.136. The Kier molecular flexibility index (Phi) is 6.38. The van der Waals surface area contributed by atoms with E-state index in [0.717, 1.165) is 37.2 Å². The van der Waals surface area contributed by atoms with Crippen LogP contribution in [0.3, 0.4) is 0 Å². The SMILES string of the molecule is C/C=C(/C)CCc1csc(C(=O)Nc2ccc(N3CCCC3)cc2)c1Cl. The van der Waals surface area contributed by atoms with E-state index in [1.807, 2.05) is 24.4 Å². The molecule has 2 heterocycles. The number of nitrogens with zero attached hydrogens (tertiary/aromatic N) is 1. The molecule has 0 aliphatic carbocycles. The van der Waals surface area contributed by atoms with Crippen LogP contribution in [0.15, 0.2) is 41.3 Å². The van der Waals surface area contributed by atoms with Gasteiger partial charge in [0.2, 0.25) is 0 Å². The predicted octanol–water partition coefficient (Wildman–Crippen LogP) is 6.15. The largest absolute Gasteiger partial charge is 0.372 e. The molecule has 2 aromatic rings. The highest BCUT2D eigenvalue weighted by atomic mass is 35.5. The van der Waals surface area contributed by atoms with Gasteiger partial charge in [0.15, 0.2) is 0 Å². The van der Waals surface area contributed by atoms with Crippen LogP contribution in [0.5, 0.6) is 0 Å². The van der Waals surface area contributed by atoms with Crippen LogP contribution in [0.4, 0.5) is 11.4 Å². The number of nitrogens with one attached hydrogen (secondary N) is 1. The van der Waals surface area contributed by atoms with Gasteiger partial charge in [0.25, 0.3) is 5.91 Å². The number of halogens is 1. The lowest BCUT2D eigenvalue weighted by Gasteiger charge is -2.17. The molecule has 0 radical (unpaired) electrons. The molecule has 0 spiro atoms. The molecule has 0 atom stereocenters. The molecular weight excluding hydrogens is 364 g/mol. The van der Waals surface area contributed by atoms with Crippen molar-refractivity contribution < 1.29 is 4.79 Å².